The van der Waals surface area contributed by atoms with Crippen LogP contribution in [0.3, 0.4) is 0 Å². The van der Waals surface area contributed by atoms with Crippen molar-refractivity contribution in [2.75, 3.05) is 13.1 Å². The first kappa shape index (κ1) is 15.7. The number of likely N-dealkylation sites (tertiary alicyclic amines) is 1. The predicted molar refractivity (Wildman–Crippen MR) is 76.6 cm³/mol. The van der Waals surface area contributed by atoms with Crippen LogP contribution in [0.2, 0.25) is 0 Å². The van der Waals surface area contributed by atoms with Gasteiger partial charge in [-0.1, -0.05) is 11.2 Å². The fraction of sp³-hybridized carbons (Fsp3) is 0.357. The quantitative estimate of drug-likeness (QED) is 0.803. The zero-order valence-corrected chi connectivity index (χ0v) is 12.6. The van der Waals surface area contributed by atoms with Gasteiger partial charge in [0.05, 0.1) is 0 Å². The molecule has 2 aromatic heterocycles. The molecule has 1 aliphatic heterocycles. The average Bonchev–Trinajstić information content (AvgIpc) is 3.22. The third kappa shape index (κ3) is 3.61. The molecule has 0 aromatic carbocycles. The SMILES string of the molecule is O=C(C=Cc1cccs1)N1CCC(c2noc(C(F)(F)F)n2)C1. The lowest BCUT2D eigenvalue weighted by molar-refractivity contribution is -0.159. The minimum atomic E-state index is -4.65. The second-order valence-electron chi connectivity index (χ2n) is 5.07. The Labute approximate surface area is 133 Å². The topological polar surface area (TPSA) is 59.2 Å². The lowest BCUT2D eigenvalue weighted by Gasteiger charge is -2.12. The monoisotopic (exact) mass is 343 g/mol. The largest absolute Gasteiger partial charge is 0.471 e. The van der Waals surface area contributed by atoms with E-state index >= 15 is 0 Å². The number of amides is 1. The smallest absolute Gasteiger partial charge is 0.338 e. The summed E-state index contributed by atoms with van der Waals surface area (Å²) in [5.74, 6) is -1.88. The Bertz CT molecular complexity index is 709. The van der Waals surface area contributed by atoms with E-state index in [1.807, 2.05) is 17.5 Å². The van der Waals surface area contributed by atoms with Crippen LogP contribution >= 0.6 is 11.3 Å². The average molecular weight is 343 g/mol. The third-order valence-electron chi connectivity index (χ3n) is 3.48. The maximum Gasteiger partial charge on any atom is 0.471 e. The van der Waals surface area contributed by atoms with Gasteiger partial charge < -0.3 is 9.42 Å². The van der Waals surface area contributed by atoms with E-state index in [4.69, 9.17) is 0 Å². The van der Waals surface area contributed by atoms with E-state index < -0.39 is 12.1 Å². The van der Waals surface area contributed by atoms with Gasteiger partial charge in [0.1, 0.15) is 0 Å². The first-order valence-corrected chi connectivity index (χ1v) is 7.73. The molecule has 5 nitrogen and oxygen atoms in total. The normalized spacial score (nSPS) is 18.9. The molecule has 0 aliphatic carbocycles. The van der Waals surface area contributed by atoms with Gasteiger partial charge >= 0.3 is 12.1 Å². The Hall–Kier alpha value is -2.16. The van der Waals surface area contributed by atoms with Crippen LogP contribution in [0.25, 0.3) is 6.08 Å². The molecule has 0 radical (unpaired) electrons. The second kappa shape index (κ2) is 6.15. The fourth-order valence-electron chi connectivity index (χ4n) is 2.33. The van der Waals surface area contributed by atoms with Crippen molar-refractivity contribution in [3.05, 3.63) is 40.2 Å². The van der Waals surface area contributed by atoms with Gasteiger partial charge in [0.15, 0.2) is 5.82 Å². The maximum absolute atomic E-state index is 12.5. The van der Waals surface area contributed by atoms with Gasteiger partial charge in [0, 0.05) is 30.0 Å². The fourth-order valence-corrected chi connectivity index (χ4v) is 2.95. The summed E-state index contributed by atoms with van der Waals surface area (Å²) in [5, 5.41) is 5.29. The van der Waals surface area contributed by atoms with Crippen molar-refractivity contribution in [1.82, 2.24) is 15.0 Å². The molecule has 0 bridgehead atoms. The number of carbonyl (C=O) groups excluding carboxylic acids is 1. The van der Waals surface area contributed by atoms with Crippen LogP contribution in [0, 0.1) is 0 Å². The first-order valence-electron chi connectivity index (χ1n) is 6.85. The standard InChI is InChI=1S/C14H12F3N3O2S/c15-14(16,17)13-18-12(19-22-13)9-5-6-20(8-9)11(21)4-3-10-2-1-7-23-10/h1-4,7,9H,5-6,8H2. The summed E-state index contributed by atoms with van der Waals surface area (Å²) in [5.41, 5.74) is 0. The number of thiophene rings is 1. The molecule has 0 saturated carbocycles. The van der Waals surface area contributed by atoms with E-state index in [0.29, 0.717) is 13.0 Å². The van der Waals surface area contributed by atoms with Crippen molar-refractivity contribution >= 4 is 23.3 Å². The van der Waals surface area contributed by atoms with Crippen molar-refractivity contribution in [3.63, 3.8) is 0 Å². The molecular formula is C14H12F3N3O2S. The van der Waals surface area contributed by atoms with E-state index in [9.17, 15) is 18.0 Å². The number of nitrogens with zero attached hydrogens (tertiary/aromatic N) is 3. The van der Waals surface area contributed by atoms with Gasteiger partial charge in [0.2, 0.25) is 5.91 Å². The predicted octanol–water partition coefficient (Wildman–Crippen LogP) is 3.18. The van der Waals surface area contributed by atoms with Crippen LogP contribution < -0.4 is 0 Å². The molecule has 3 heterocycles. The number of rotatable bonds is 3. The third-order valence-corrected chi connectivity index (χ3v) is 4.32. The minimum Gasteiger partial charge on any atom is -0.338 e. The van der Waals surface area contributed by atoms with Crippen molar-refractivity contribution in [2.24, 2.45) is 0 Å². The van der Waals surface area contributed by atoms with E-state index in [1.54, 1.807) is 11.0 Å². The highest BCUT2D eigenvalue weighted by Crippen LogP contribution is 2.31. The Kier molecular flexibility index (Phi) is 4.20. The van der Waals surface area contributed by atoms with Crippen LogP contribution in [0.15, 0.2) is 28.1 Å². The van der Waals surface area contributed by atoms with E-state index in [-0.39, 0.29) is 24.2 Å². The van der Waals surface area contributed by atoms with Gasteiger partial charge in [0.25, 0.3) is 0 Å². The Morgan fingerprint density at radius 3 is 2.96 bits per heavy atom. The summed E-state index contributed by atoms with van der Waals surface area (Å²) in [6.07, 6.45) is -0.958. The van der Waals surface area contributed by atoms with E-state index in [0.717, 1.165) is 4.88 Å². The number of carbonyl (C=O) groups is 1. The summed E-state index contributed by atoms with van der Waals surface area (Å²) in [4.78, 5) is 18.0. The molecule has 1 fully saturated rings. The highest BCUT2D eigenvalue weighted by molar-refractivity contribution is 7.10. The summed E-state index contributed by atoms with van der Waals surface area (Å²) < 4.78 is 41.6. The second-order valence-corrected chi connectivity index (χ2v) is 6.05. The number of alkyl halides is 3. The summed E-state index contributed by atoms with van der Waals surface area (Å²) in [7, 11) is 0. The molecule has 1 saturated heterocycles. The van der Waals surface area contributed by atoms with Gasteiger partial charge in [-0.15, -0.1) is 11.3 Å². The van der Waals surface area contributed by atoms with Crippen molar-refractivity contribution in [1.29, 1.82) is 0 Å². The maximum atomic E-state index is 12.5. The molecule has 1 aliphatic rings. The lowest BCUT2D eigenvalue weighted by atomic mass is 10.1. The molecular weight excluding hydrogens is 331 g/mol. The van der Waals surface area contributed by atoms with Gasteiger partial charge in [-0.3, -0.25) is 4.79 Å². The summed E-state index contributed by atoms with van der Waals surface area (Å²) >= 11 is 1.51. The van der Waals surface area contributed by atoms with Crippen LogP contribution in [0.4, 0.5) is 13.2 Å². The van der Waals surface area contributed by atoms with E-state index in [2.05, 4.69) is 14.7 Å². The highest BCUT2D eigenvalue weighted by atomic mass is 32.1. The number of hydrogen-bond acceptors (Lipinski definition) is 5. The highest BCUT2D eigenvalue weighted by Gasteiger charge is 2.40. The molecule has 122 valence electrons. The Balaban J connectivity index is 1.62. The molecule has 0 N–H and O–H groups in total. The van der Waals surface area contributed by atoms with Crippen LogP contribution in [0.1, 0.15) is 28.9 Å². The molecule has 23 heavy (non-hydrogen) atoms. The zero-order valence-electron chi connectivity index (χ0n) is 11.8. The molecule has 1 unspecified atom stereocenters. The summed E-state index contributed by atoms with van der Waals surface area (Å²) in [6, 6.07) is 3.77. The van der Waals surface area contributed by atoms with Gasteiger partial charge in [-0.2, -0.15) is 18.2 Å². The summed E-state index contributed by atoms with van der Waals surface area (Å²) in [6.45, 7) is 0.735. The lowest BCUT2D eigenvalue weighted by Crippen LogP contribution is -2.26. The van der Waals surface area contributed by atoms with Gasteiger partial charge in [-0.25, -0.2) is 0 Å². The number of halogens is 3. The molecule has 2 aromatic rings. The molecule has 1 atom stereocenters. The van der Waals surface area contributed by atoms with Crippen LogP contribution in [0.5, 0.6) is 0 Å². The van der Waals surface area contributed by atoms with E-state index in [1.165, 1.54) is 17.4 Å². The first-order chi connectivity index (χ1) is 10.9. The number of aromatic nitrogens is 2. The number of hydrogen-bond donors (Lipinski definition) is 0. The molecule has 1 amide bonds. The van der Waals surface area contributed by atoms with Gasteiger partial charge in [-0.05, 0) is 23.9 Å². The Morgan fingerprint density at radius 2 is 2.30 bits per heavy atom. The van der Waals surface area contributed by atoms with Crippen molar-refractivity contribution in [3.8, 4) is 0 Å². The minimum absolute atomic E-state index is 0.00476. The molecule has 3 rings (SSSR count). The molecule has 0 spiro atoms. The van der Waals surface area contributed by atoms with Crippen molar-refractivity contribution in [2.45, 2.75) is 18.5 Å². The molecule has 9 heteroatoms. The Morgan fingerprint density at radius 1 is 1.48 bits per heavy atom. The van der Waals surface area contributed by atoms with Crippen LogP contribution in [-0.2, 0) is 11.0 Å². The van der Waals surface area contributed by atoms with Crippen LogP contribution in [-0.4, -0.2) is 34.0 Å². The van der Waals surface area contributed by atoms with Crippen molar-refractivity contribution < 1.29 is 22.5 Å². The zero-order chi connectivity index (χ0) is 16.4.